The number of ether oxygens (including phenoxy) is 1. The molecule has 2 amide bonds. The van der Waals surface area contributed by atoms with Crippen LogP contribution in [0.5, 0.6) is 5.75 Å². The maximum absolute atomic E-state index is 14.6. The topological polar surface area (TPSA) is 96.0 Å². The highest BCUT2D eigenvalue weighted by molar-refractivity contribution is 9.10. The van der Waals surface area contributed by atoms with E-state index in [1.54, 1.807) is 54.6 Å². The van der Waals surface area contributed by atoms with Crippen LogP contribution in [-0.2, 0) is 32.6 Å². The zero-order valence-corrected chi connectivity index (χ0v) is 30.0. The van der Waals surface area contributed by atoms with E-state index < -0.39 is 28.5 Å². The maximum atomic E-state index is 14.6. The first-order valence-corrected chi connectivity index (χ1v) is 17.8. The summed E-state index contributed by atoms with van der Waals surface area (Å²) >= 11 is 9.54. The van der Waals surface area contributed by atoms with Gasteiger partial charge in [-0.2, -0.15) is 0 Å². The highest BCUT2D eigenvalue weighted by Crippen LogP contribution is 2.31. The zero-order valence-electron chi connectivity index (χ0n) is 26.8. The van der Waals surface area contributed by atoms with Crippen molar-refractivity contribution < 1.29 is 22.7 Å². The van der Waals surface area contributed by atoms with Gasteiger partial charge in [0.25, 0.3) is 10.0 Å². The van der Waals surface area contributed by atoms with Crippen LogP contribution in [0.3, 0.4) is 0 Å². The van der Waals surface area contributed by atoms with Crippen molar-refractivity contribution >= 4 is 55.1 Å². The first kappa shape index (κ1) is 36.0. The summed E-state index contributed by atoms with van der Waals surface area (Å²) in [5.41, 5.74) is 2.84. The summed E-state index contributed by atoms with van der Waals surface area (Å²) in [5, 5.41) is 3.53. The average Bonchev–Trinajstić information content (AvgIpc) is 3.05. The van der Waals surface area contributed by atoms with Gasteiger partial charge in [-0.05, 0) is 82.4 Å². The van der Waals surface area contributed by atoms with E-state index in [2.05, 4.69) is 21.2 Å². The summed E-state index contributed by atoms with van der Waals surface area (Å²) in [4.78, 5) is 29.9. The number of nitrogens with zero attached hydrogens (tertiary/aromatic N) is 2. The molecule has 4 aromatic carbocycles. The molecule has 0 aliphatic carbocycles. The summed E-state index contributed by atoms with van der Waals surface area (Å²) in [6.07, 6.45) is 0.229. The normalized spacial score (nSPS) is 12.0. The molecule has 11 heteroatoms. The molecule has 1 atom stereocenters. The number of carbonyl (C=O) groups is 2. The van der Waals surface area contributed by atoms with Gasteiger partial charge < -0.3 is 15.0 Å². The van der Waals surface area contributed by atoms with E-state index in [1.165, 1.54) is 24.1 Å². The Labute approximate surface area is 290 Å². The third kappa shape index (κ3) is 9.59. The molecule has 0 aliphatic rings. The maximum Gasteiger partial charge on any atom is 0.264 e. The van der Waals surface area contributed by atoms with Gasteiger partial charge in [0.05, 0.1) is 22.2 Å². The van der Waals surface area contributed by atoms with Gasteiger partial charge in [-0.15, -0.1) is 0 Å². The second-order valence-corrected chi connectivity index (χ2v) is 14.8. The predicted octanol–water partition coefficient (Wildman–Crippen LogP) is 7.03. The van der Waals surface area contributed by atoms with Crippen molar-refractivity contribution in [1.29, 1.82) is 0 Å². The van der Waals surface area contributed by atoms with E-state index in [4.69, 9.17) is 16.3 Å². The fourth-order valence-electron chi connectivity index (χ4n) is 4.94. The van der Waals surface area contributed by atoms with Gasteiger partial charge >= 0.3 is 0 Å². The molecule has 8 nitrogen and oxygen atoms in total. The Balaban J connectivity index is 1.80. The van der Waals surface area contributed by atoms with Crippen molar-refractivity contribution in [3.05, 3.63) is 123 Å². The zero-order chi connectivity index (χ0) is 34.1. The molecule has 0 spiro atoms. The summed E-state index contributed by atoms with van der Waals surface area (Å²) in [6, 6.07) is 26.9. The van der Waals surface area contributed by atoms with Crippen LogP contribution in [0.2, 0.25) is 5.02 Å². The fourth-order valence-corrected chi connectivity index (χ4v) is 7.20. The second-order valence-electron chi connectivity index (χ2n) is 11.6. The molecule has 0 fully saturated rings. The number of benzene rings is 4. The SMILES string of the molecule is COc1ccc(S(=O)(=O)N(CC(=O)N(Cc2ccc(Cl)cc2)[C@@H](Cc2ccccc2)C(=O)NCC(C)C)c2ccc(C)cc2)cc1Br. The van der Waals surface area contributed by atoms with Gasteiger partial charge in [-0.3, -0.25) is 13.9 Å². The molecule has 4 rings (SSSR count). The highest BCUT2D eigenvalue weighted by Gasteiger charge is 2.35. The molecule has 0 bridgehead atoms. The predicted molar refractivity (Wildman–Crippen MR) is 190 cm³/mol. The molecule has 47 heavy (non-hydrogen) atoms. The van der Waals surface area contributed by atoms with Crippen molar-refractivity contribution in [1.82, 2.24) is 10.2 Å². The average molecular weight is 741 g/mol. The first-order chi connectivity index (χ1) is 22.4. The Kier molecular flexibility index (Phi) is 12.5. The monoisotopic (exact) mass is 739 g/mol. The lowest BCUT2D eigenvalue weighted by Gasteiger charge is -2.34. The van der Waals surface area contributed by atoms with Gasteiger partial charge in [0.15, 0.2) is 0 Å². The number of amides is 2. The molecule has 0 saturated heterocycles. The van der Waals surface area contributed by atoms with Crippen LogP contribution in [-0.4, -0.2) is 51.4 Å². The quantitative estimate of drug-likeness (QED) is 0.150. The molecule has 0 heterocycles. The van der Waals surface area contributed by atoms with Crippen LogP contribution in [0.25, 0.3) is 0 Å². The van der Waals surface area contributed by atoms with Crippen LogP contribution in [0, 0.1) is 12.8 Å². The van der Waals surface area contributed by atoms with Crippen molar-refractivity contribution in [2.75, 3.05) is 24.5 Å². The number of carbonyl (C=O) groups excluding carboxylic acids is 2. The van der Waals surface area contributed by atoms with E-state index in [1.807, 2.05) is 51.1 Å². The number of aryl methyl sites for hydroxylation is 1. The van der Waals surface area contributed by atoms with Gasteiger partial charge in [-0.25, -0.2) is 8.42 Å². The van der Waals surface area contributed by atoms with Crippen LogP contribution < -0.4 is 14.4 Å². The number of anilines is 1. The summed E-state index contributed by atoms with van der Waals surface area (Å²) in [5.74, 6) is -0.221. The van der Waals surface area contributed by atoms with E-state index in [9.17, 15) is 18.0 Å². The molecule has 1 N–H and O–H groups in total. The number of nitrogens with one attached hydrogen (secondary N) is 1. The molecule has 4 aromatic rings. The van der Waals surface area contributed by atoms with Crippen LogP contribution in [0.15, 0.2) is 106 Å². The highest BCUT2D eigenvalue weighted by atomic mass is 79.9. The minimum atomic E-state index is -4.27. The van der Waals surface area contributed by atoms with Gasteiger partial charge in [0.1, 0.15) is 18.3 Å². The Morgan fingerprint density at radius 2 is 1.57 bits per heavy atom. The van der Waals surface area contributed by atoms with E-state index in [0.29, 0.717) is 27.5 Å². The fraction of sp³-hybridized carbons (Fsp3) is 0.278. The second kappa shape index (κ2) is 16.3. The molecule has 0 radical (unpaired) electrons. The number of methoxy groups -OCH3 is 1. The molecule has 0 saturated carbocycles. The van der Waals surface area contributed by atoms with Crippen molar-refractivity contribution in [2.45, 2.75) is 44.7 Å². The summed E-state index contributed by atoms with van der Waals surface area (Å²) < 4.78 is 35.4. The number of sulfonamides is 1. The molecule has 0 aromatic heterocycles. The molecule has 0 aliphatic heterocycles. The molecular formula is C36H39BrClN3O5S. The third-order valence-electron chi connectivity index (χ3n) is 7.53. The first-order valence-electron chi connectivity index (χ1n) is 15.2. The standard InChI is InChI=1S/C36H39BrClN3O5S/c1-25(2)22-39-36(43)33(20-27-8-6-5-7-9-27)40(23-28-12-14-29(38)15-13-28)35(42)24-41(30-16-10-26(3)11-17-30)47(44,45)31-18-19-34(46-4)32(37)21-31/h5-19,21,25,33H,20,22-24H2,1-4H3,(H,39,43)/t33-/m0/s1. The van der Waals surface area contributed by atoms with Gasteiger partial charge in [0, 0.05) is 24.5 Å². The third-order valence-corrected chi connectivity index (χ3v) is 10.2. The lowest BCUT2D eigenvalue weighted by molar-refractivity contribution is -0.140. The van der Waals surface area contributed by atoms with Crippen LogP contribution in [0.4, 0.5) is 5.69 Å². The van der Waals surface area contributed by atoms with Crippen LogP contribution >= 0.6 is 27.5 Å². The Bertz CT molecular complexity index is 1770. The number of rotatable bonds is 14. The largest absolute Gasteiger partial charge is 0.496 e. The van der Waals surface area contributed by atoms with Crippen molar-refractivity contribution in [3.63, 3.8) is 0 Å². The Morgan fingerprint density at radius 1 is 0.915 bits per heavy atom. The van der Waals surface area contributed by atoms with E-state index >= 15 is 0 Å². The summed E-state index contributed by atoms with van der Waals surface area (Å²) in [6.45, 7) is 5.80. The van der Waals surface area contributed by atoms with Crippen molar-refractivity contribution in [3.8, 4) is 5.75 Å². The lowest BCUT2D eigenvalue weighted by atomic mass is 10.0. The smallest absolute Gasteiger partial charge is 0.264 e. The molecular weight excluding hydrogens is 702 g/mol. The van der Waals surface area contributed by atoms with E-state index in [0.717, 1.165) is 21.0 Å². The van der Waals surface area contributed by atoms with E-state index in [-0.39, 0.29) is 29.7 Å². The molecule has 248 valence electrons. The minimum absolute atomic E-state index is 0.0293. The number of hydrogen-bond donors (Lipinski definition) is 1. The summed E-state index contributed by atoms with van der Waals surface area (Å²) in [7, 11) is -2.78. The van der Waals surface area contributed by atoms with Crippen LogP contribution in [0.1, 0.15) is 30.5 Å². The number of hydrogen-bond acceptors (Lipinski definition) is 5. The minimum Gasteiger partial charge on any atom is -0.496 e. The Hall–Kier alpha value is -3.86. The van der Waals surface area contributed by atoms with Gasteiger partial charge in [-0.1, -0.05) is 85.6 Å². The van der Waals surface area contributed by atoms with Crippen molar-refractivity contribution in [2.24, 2.45) is 5.92 Å². The molecule has 0 unspecified atom stereocenters. The number of halogens is 2. The van der Waals surface area contributed by atoms with Gasteiger partial charge in [0.2, 0.25) is 11.8 Å². The Morgan fingerprint density at radius 3 is 2.17 bits per heavy atom. The lowest BCUT2D eigenvalue weighted by Crippen LogP contribution is -2.53.